The van der Waals surface area contributed by atoms with Crippen LogP contribution < -0.4 is 10.6 Å². The summed E-state index contributed by atoms with van der Waals surface area (Å²) in [6, 6.07) is 10.8. The molecule has 0 radical (unpaired) electrons. The van der Waals surface area contributed by atoms with E-state index in [1.54, 1.807) is 35.1 Å². The minimum Gasteiger partial charge on any atom is -0.353 e. The largest absolute Gasteiger partial charge is 0.353 e. The van der Waals surface area contributed by atoms with Gasteiger partial charge in [0.2, 0.25) is 0 Å². The number of halogens is 1. The average molecular weight is 449 g/mol. The van der Waals surface area contributed by atoms with E-state index >= 15 is 0 Å². The van der Waals surface area contributed by atoms with Gasteiger partial charge in [0.1, 0.15) is 0 Å². The van der Waals surface area contributed by atoms with Crippen molar-refractivity contribution in [3.63, 3.8) is 0 Å². The van der Waals surface area contributed by atoms with Crippen molar-refractivity contribution in [3.05, 3.63) is 76.2 Å². The van der Waals surface area contributed by atoms with Gasteiger partial charge in [0.15, 0.2) is 5.82 Å². The summed E-state index contributed by atoms with van der Waals surface area (Å²) in [5, 5.41) is 20.6. The van der Waals surface area contributed by atoms with Crippen LogP contribution in [0.25, 0.3) is 11.5 Å². The van der Waals surface area contributed by atoms with E-state index in [1.807, 2.05) is 26.8 Å². The number of nitriles is 1. The lowest BCUT2D eigenvalue weighted by Gasteiger charge is -2.18. The molecule has 0 aliphatic rings. The Hall–Kier alpha value is -3.63. The van der Waals surface area contributed by atoms with Gasteiger partial charge in [-0.2, -0.15) is 10.4 Å². The molecule has 0 spiro atoms. The highest BCUT2D eigenvalue weighted by atomic mass is 35.5. The molecule has 0 atom stereocenters. The Morgan fingerprint density at radius 1 is 1.31 bits per heavy atom. The number of aryl methyl sites for hydroxylation is 2. The normalized spacial score (nSPS) is 10.5. The molecule has 0 aliphatic carbocycles. The van der Waals surface area contributed by atoms with Crippen LogP contribution in [0.2, 0.25) is 5.02 Å². The van der Waals surface area contributed by atoms with Crippen molar-refractivity contribution in [3.8, 4) is 11.9 Å². The van der Waals surface area contributed by atoms with E-state index in [9.17, 15) is 10.1 Å². The Bertz CT molecular complexity index is 1210. The molecule has 0 bridgehead atoms. The molecule has 1 amide bonds. The third-order valence-electron chi connectivity index (χ3n) is 4.89. The lowest BCUT2D eigenvalue weighted by molar-refractivity contribution is 0.0954. The highest BCUT2D eigenvalue weighted by Gasteiger charge is 2.19. The molecule has 164 valence electrons. The van der Waals surface area contributed by atoms with Gasteiger partial charge in [-0.3, -0.25) is 4.79 Å². The molecule has 32 heavy (non-hydrogen) atoms. The first-order valence-electron chi connectivity index (χ1n) is 10.4. The fraction of sp³-hybridized carbons (Fsp3) is 0.250. The molecule has 2 aromatic heterocycles. The quantitative estimate of drug-likeness (QED) is 0.511. The molecular weight excluding hydrogens is 424 g/mol. The molecule has 2 heterocycles. The summed E-state index contributed by atoms with van der Waals surface area (Å²) in [6.45, 7) is 10.6. The van der Waals surface area contributed by atoms with E-state index in [0.717, 1.165) is 24.1 Å². The SMILES string of the molecule is C=C(Nc1c(C)cc(C#N)cc1C(=O)NCCC)c1cc(CC)nn1-c1ncccc1Cl. The lowest BCUT2D eigenvalue weighted by Crippen LogP contribution is -2.25. The second-order valence-electron chi connectivity index (χ2n) is 7.28. The minimum absolute atomic E-state index is 0.252. The summed E-state index contributed by atoms with van der Waals surface area (Å²) in [5.74, 6) is 0.238. The van der Waals surface area contributed by atoms with Crippen molar-refractivity contribution in [1.29, 1.82) is 5.26 Å². The number of amides is 1. The Labute approximate surface area is 192 Å². The van der Waals surface area contributed by atoms with Crippen LogP contribution in [0.1, 0.15) is 53.1 Å². The number of rotatable bonds is 8. The van der Waals surface area contributed by atoms with Gasteiger partial charge in [-0.1, -0.05) is 32.0 Å². The first-order valence-corrected chi connectivity index (χ1v) is 10.8. The van der Waals surface area contributed by atoms with E-state index in [0.29, 0.717) is 45.6 Å². The standard InChI is InChI=1S/C24H25ClN6O/c1-5-9-28-24(32)19-12-17(14-26)11-15(3)22(19)29-16(4)21-13-18(6-2)30-31(21)23-20(25)8-7-10-27-23/h7-8,10-13,29H,4-6,9H2,1-3H3,(H,28,32). The number of anilines is 1. The lowest BCUT2D eigenvalue weighted by atomic mass is 10.0. The predicted octanol–water partition coefficient (Wildman–Crippen LogP) is 4.89. The molecule has 2 N–H and O–H groups in total. The molecule has 1 aromatic carbocycles. The van der Waals surface area contributed by atoms with Gasteiger partial charge >= 0.3 is 0 Å². The molecule has 0 aliphatic heterocycles. The van der Waals surface area contributed by atoms with Crippen LogP contribution in [0.15, 0.2) is 43.1 Å². The number of carbonyl (C=O) groups is 1. The van der Waals surface area contributed by atoms with E-state index in [-0.39, 0.29) is 5.91 Å². The molecule has 3 rings (SSSR count). The number of aromatic nitrogens is 3. The molecule has 0 fully saturated rings. The number of pyridine rings is 1. The van der Waals surface area contributed by atoms with Crippen molar-refractivity contribution in [2.45, 2.75) is 33.6 Å². The summed E-state index contributed by atoms with van der Waals surface area (Å²) in [6.07, 6.45) is 3.18. The Morgan fingerprint density at radius 2 is 2.09 bits per heavy atom. The fourth-order valence-corrected chi connectivity index (χ4v) is 3.46. The number of hydrogen-bond acceptors (Lipinski definition) is 5. The smallest absolute Gasteiger partial charge is 0.253 e. The second-order valence-corrected chi connectivity index (χ2v) is 7.69. The monoisotopic (exact) mass is 448 g/mol. The van der Waals surface area contributed by atoms with Crippen molar-refractivity contribution in [2.75, 3.05) is 11.9 Å². The van der Waals surface area contributed by atoms with Crippen LogP contribution in [-0.4, -0.2) is 27.2 Å². The first kappa shape index (κ1) is 23.0. The Kier molecular flexibility index (Phi) is 7.29. The van der Waals surface area contributed by atoms with Crippen molar-refractivity contribution >= 4 is 28.9 Å². The third kappa shape index (κ3) is 4.82. The summed E-state index contributed by atoms with van der Waals surface area (Å²) in [7, 11) is 0. The Morgan fingerprint density at radius 3 is 2.75 bits per heavy atom. The van der Waals surface area contributed by atoms with Gasteiger partial charge in [-0.25, -0.2) is 9.67 Å². The maximum absolute atomic E-state index is 12.8. The molecule has 3 aromatic rings. The number of nitrogens with zero attached hydrogens (tertiary/aromatic N) is 4. The zero-order chi connectivity index (χ0) is 23.3. The molecule has 8 heteroatoms. The highest BCUT2D eigenvalue weighted by Crippen LogP contribution is 2.29. The third-order valence-corrected chi connectivity index (χ3v) is 5.19. The molecule has 0 saturated heterocycles. The number of nitrogens with one attached hydrogen (secondary N) is 2. The average Bonchev–Trinajstić information content (AvgIpc) is 3.23. The fourth-order valence-electron chi connectivity index (χ4n) is 3.26. The maximum atomic E-state index is 12.8. The number of hydrogen-bond donors (Lipinski definition) is 2. The van der Waals surface area contributed by atoms with Crippen LogP contribution in [0, 0.1) is 18.3 Å². The minimum atomic E-state index is -0.252. The molecule has 7 nitrogen and oxygen atoms in total. The van der Waals surface area contributed by atoms with Gasteiger partial charge < -0.3 is 10.6 Å². The summed E-state index contributed by atoms with van der Waals surface area (Å²) >= 11 is 6.37. The van der Waals surface area contributed by atoms with Gasteiger partial charge in [0, 0.05) is 12.7 Å². The van der Waals surface area contributed by atoms with Gasteiger partial charge in [0.05, 0.1) is 45.0 Å². The van der Waals surface area contributed by atoms with Gasteiger partial charge in [-0.15, -0.1) is 0 Å². The van der Waals surface area contributed by atoms with Crippen molar-refractivity contribution < 1.29 is 4.79 Å². The number of carbonyl (C=O) groups excluding carboxylic acids is 1. The maximum Gasteiger partial charge on any atom is 0.253 e. The van der Waals surface area contributed by atoms with Crippen LogP contribution in [0.3, 0.4) is 0 Å². The zero-order valence-electron chi connectivity index (χ0n) is 18.4. The molecular formula is C24H25ClN6O. The van der Waals surface area contributed by atoms with Crippen LogP contribution in [0.5, 0.6) is 0 Å². The predicted molar refractivity (Wildman–Crippen MR) is 127 cm³/mol. The van der Waals surface area contributed by atoms with Gasteiger partial charge in [0.25, 0.3) is 5.91 Å². The summed E-state index contributed by atoms with van der Waals surface area (Å²) in [5.41, 5.74) is 4.18. The summed E-state index contributed by atoms with van der Waals surface area (Å²) < 4.78 is 1.65. The number of benzene rings is 1. The van der Waals surface area contributed by atoms with Crippen LogP contribution in [0.4, 0.5) is 5.69 Å². The van der Waals surface area contributed by atoms with Crippen LogP contribution in [-0.2, 0) is 6.42 Å². The second kappa shape index (κ2) is 10.1. The first-order chi connectivity index (χ1) is 15.4. The van der Waals surface area contributed by atoms with E-state index in [2.05, 4.69) is 33.4 Å². The van der Waals surface area contributed by atoms with E-state index in [4.69, 9.17) is 11.6 Å². The molecule has 0 saturated carbocycles. The van der Waals surface area contributed by atoms with Crippen LogP contribution >= 0.6 is 11.6 Å². The van der Waals surface area contributed by atoms with Crippen molar-refractivity contribution in [1.82, 2.24) is 20.1 Å². The summed E-state index contributed by atoms with van der Waals surface area (Å²) in [4.78, 5) is 17.2. The van der Waals surface area contributed by atoms with Gasteiger partial charge in [-0.05, 0) is 55.7 Å². The highest BCUT2D eigenvalue weighted by molar-refractivity contribution is 6.32. The zero-order valence-corrected chi connectivity index (χ0v) is 19.1. The molecule has 0 unspecified atom stereocenters. The van der Waals surface area contributed by atoms with Crippen molar-refractivity contribution in [2.24, 2.45) is 0 Å². The van der Waals surface area contributed by atoms with E-state index < -0.39 is 0 Å². The Balaban J connectivity index is 2.05. The van der Waals surface area contributed by atoms with E-state index in [1.165, 1.54) is 0 Å². The topological polar surface area (TPSA) is 95.6 Å².